The fraction of sp³-hybridized carbons (Fsp3) is 0.300. The van der Waals surface area contributed by atoms with E-state index in [1.54, 1.807) is 0 Å². The van der Waals surface area contributed by atoms with Gasteiger partial charge in [-0.25, -0.2) is 8.42 Å². The third kappa shape index (κ3) is 3.66. The van der Waals surface area contributed by atoms with Gasteiger partial charge >= 0.3 is 0 Å². The van der Waals surface area contributed by atoms with Crippen LogP contribution in [0.2, 0.25) is 0 Å². The summed E-state index contributed by atoms with van der Waals surface area (Å²) in [6.07, 6.45) is 1.76. The van der Waals surface area contributed by atoms with Crippen LogP contribution in [0.15, 0.2) is 57.4 Å². The highest BCUT2D eigenvalue weighted by Gasteiger charge is 2.31. The van der Waals surface area contributed by atoms with Gasteiger partial charge in [0.05, 0.1) is 24.9 Å². The number of benzene rings is 2. The zero-order chi connectivity index (χ0) is 22.5. The van der Waals surface area contributed by atoms with Crippen molar-refractivity contribution < 1.29 is 13.3 Å². The monoisotopic (exact) mass is 489 g/mol. The number of sulfonamides is 1. The summed E-state index contributed by atoms with van der Waals surface area (Å²) in [5, 5.41) is 20.7. The van der Waals surface area contributed by atoms with Crippen molar-refractivity contribution in [3.63, 3.8) is 0 Å². The lowest BCUT2D eigenvalue weighted by atomic mass is 10.0. The summed E-state index contributed by atoms with van der Waals surface area (Å²) < 4.78 is 30.5. The number of hydrogen-bond donors (Lipinski definition) is 0. The van der Waals surface area contributed by atoms with E-state index < -0.39 is 14.9 Å². The Morgan fingerprint density at radius 2 is 2.03 bits per heavy atom. The number of piperidine rings is 1. The molecule has 4 aromatic rings. The number of nitro groups is 1. The fourth-order valence-corrected chi connectivity index (χ4v) is 7.49. The fourth-order valence-electron chi connectivity index (χ4n) is 3.92. The first kappa shape index (κ1) is 21.3. The minimum atomic E-state index is -3.80. The average molecular weight is 490 g/mol. The van der Waals surface area contributed by atoms with E-state index in [0.29, 0.717) is 28.1 Å². The molecule has 1 aliphatic rings. The lowest BCUT2D eigenvalue weighted by Crippen LogP contribution is -2.39. The summed E-state index contributed by atoms with van der Waals surface area (Å²) in [6.45, 7) is 2.87. The number of nitrogens with zero attached hydrogens (tertiary/aromatic N) is 5. The van der Waals surface area contributed by atoms with E-state index in [2.05, 4.69) is 10.2 Å². The summed E-state index contributed by atoms with van der Waals surface area (Å²) in [7, 11) is -3.80. The van der Waals surface area contributed by atoms with Crippen LogP contribution in [-0.4, -0.2) is 45.3 Å². The lowest BCUT2D eigenvalue weighted by Gasteiger charge is -2.30. The summed E-state index contributed by atoms with van der Waals surface area (Å²) >= 11 is 2.58. The summed E-state index contributed by atoms with van der Waals surface area (Å²) in [4.78, 5) is 12.2. The van der Waals surface area contributed by atoms with Gasteiger partial charge in [-0.1, -0.05) is 30.4 Å². The normalized spacial score (nSPS) is 17.8. The van der Waals surface area contributed by atoms with Crippen LogP contribution in [-0.2, 0) is 10.0 Å². The smallest absolute Gasteiger partial charge is 0.260 e. The molecular weight excluding hydrogens is 470 g/mol. The van der Waals surface area contributed by atoms with Gasteiger partial charge in [0.2, 0.25) is 20.1 Å². The number of aromatic nitrogens is 3. The molecule has 166 valence electrons. The highest BCUT2D eigenvalue weighted by Crippen LogP contribution is 2.38. The zero-order valence-electron chi connectivity index (χ0n) is 17.0. The standard InChI is InChI=1S/C20H19N5O4S3/c1-13-5-4-10-23(12-13)32(28,29)14-8-9-18(16(11-14)25(26)27)31-20-22-21-19-24(20)15-6-2-3-7-17(15)30-19/h2-3,6-9,11,13H,4-5,10,12H2,1H3/t13-/m1/s1. The van der Waals surface area contributed by atoms with Crippen molar-refractivity contribution in [2.24, 2.45) is 5.92 Å². The minimum absolute atomic E-state index is 0.0602. The molecule has 0 amide bonds. The van der Waals surface area contributed by atoms with Gasteiger partial charge in [0, 0.05) is 19.2 Å². The van der Waals surface area contributed by atoms with Gasteiger partial charge < -0.3 is 0 Å². The molecular formula is C20H19N5O4S3. The van der Waals surface area contributed by atoms with Crippen LogP contribution in [0.5, 0.6) is 0 Å². The molecule has 5 rings (SSSR count). The maximum absolute atomic E-state index is 13.1. The highest BCUT2D eigenvalue weighted by atomic mass is 32.2. The molecule has 1 aliphatic heterocycles. The maximum Gasteiger partial charge on any atom is 0.284 e. The second-order valence-corrected chi connectivity index (χ2v) is 11.7. The van der Waals surface area contributed by atoms with Gasteiger partial charge in [0.25, 0.3) is 5.69 Å². The SMILES string of the molecule is C[C@@H]1CCCN(S(=O)(=O)c2ccc(Sc3nnc4sc5ccccc5n34)c([N+](=O)[O-])c2)C1. The maximum atomic E-state index is 13.1. The number of nitro benzene ring substituents is 1. The van der Waals surface area contributed by atoms with Crippen LogP contribution < -0.4 is 0 Å². The Hall–Kier alpha value is -2.54. The van der Waals surface area contributed by atoms with Crippen molar-refractivity contribution in [3.05, 3.63) is 52.6 Å². The quantitative estimate of drug-likeness (QED) is 0.301. The molecule has 2 aromatic heterocycles. The molecule has 0 aliphatic carbocycles. The van der Waals surface area contributed by atoms with Gasteiger partial charge in [0.15, 0.2) is 0 Å². The average Bonchev–Trinajstić information content (AvgIpc) is 3.33. The Bertz CT molecular complexity index is 1450. The minimum Gasteiger partial charge on any atom is -0.260 e. The van der Waals surface area contributed by atoms with Crippen molar-refractivity contribution in [3.8, 4) is 0 Å². The molecule has 0 unspecified atom stereocenters. The molecule has 2 aromatic carbocycles. The molecule has 1 atom stereocenters. The lowest BCUT2D eigenvalue weighted by molar-refractivity contribution is -0.388. The Labute approximate surface area is 192 Å². The number of fused-ring (bicyclic) bond motifs is 3. The van der Waals surface area contributed by atoms with Crippen molar-refractivity contribution in [1.29, 1.82) is 0 Å². The predicted molar refractivity (Wildman–Crippen MR) is 123 cm³/mol. The van der Waals surface area contributed by atoms with Crippen molar-refractivity contribution in [2.45, 2.75) is 34.7 Å². The molecule has 12 heteroatoms. The van der Waals surface area contributed by atoms with Crippen molar-refractivity contribution in [1.82, 2.24) is 18.9 Å². The molecule has 0 bridgehead atoms. The number of hydrogen-bond acceptors (Lipinski definition) is 8. The summed E-state index contributed by atoms with van der Waals surface area (Å²) in [6, 6.07) is 11.8. The second kappa shape index (κ2) is 8.10. The van der Waals surface area contributed by atoms with E-state index in [4.69, 9.17) is 0 Å². The van der Waals surface area contributed by atoms with E-state index in [9.17, 15) is 18.5 Å². The van der Waals surface area contributed by atoms with Crippen LogP contribution in [0.4, 0.5) is 5.69 Å². The molecule has 0 saturated carbocycles. The number of rotatable bonds is 5. The van der Waals surface area contributed by atoms with Crippen LogP contribution >= 0.6 is 23.1 Å². The number of thiazole rings is 1. The van der Waals surface area contributed by atoms with Crippen molar-refractivity contribution in [2.75, 3.05) is 13.1 Å². The van der Waals surface area contributed by atoms with Gasteiger partial charge in [-0.05, 0) is 54.8 Å². The van der Waals surface area contributed by atoms with Gasteiger partial charge in [-0.3, -0.25) is 14.5 Å². The Kier molecular flexibility index (Phi) is 5.40. The molecule has 0 radical (unpaired) electrons. The van der Waals surface area contributed by atoms with Crippen LogP contribution in [0.25, 0.3) is 15.2 Å². The Morgan fingerprint density at radius 3 is 2.81 bits per heavy atom. The third-order valence-electron chi connectivity index (χ3n) is 5.50. The first-order chi connectivity index (χ1) is 15.3. The van der Waals surface area contributed by atoms with Gasteiger partial charge in [-0.15, -0.1) is 10.2 Å². The van der Waals surface area contributed by atoms with Crippen LogP contribution in [0.1, 0.15) is 19.8 Å². The molecule has 32 heavy (non-hydrogen) atoms. The zero-order valence-corrected chi connectivity index (χ0v) is 19.5. The summed E-state index contributed by atoms with van der Waals surface area (Å²) in [5.74, 6) is 0.263. The topological polar surface area (TPSA) is 111 Å². The highest BCUT2D eigenvalue weighted by molar-refractivity contribution is 7.99. The van der Waals surface area contributed by atoms with E-state index in [-0.39, 0.29) is 16.5 Å². The van der Waals surface area contributed by atoms with Crippen LogP contribution in [0, 0.1) is 16.0 Å². The molecule has 0 spiro atoms. The molecule has 0 N–H and O–H groups in total. The number of para-hydroxylation sites is 1. The predicted octanol–water partition coefficient (Wildman–Crippen LogP) is 4.42. The molecule has 1 fully saturated rings. The Balaban J connectivity index is 1.53. The van der Waals surface area contributed by atoms with Gasteiger partial charge in [0.1, 0.15) is 0 Å². The molecule has 3 heterocycles. The molecule has 1 saturated heterocycles. The van der Waals surface area contributed by atoms with E-state index in [1.807, 2.05) is 35.6 Å². The Morgan fingerprint density at radius 1 is 1.22 bits per heavy atom. The van der Waals surface area contributed by atoms with E-state index in [1.165, 1.54) is 27.8 Å². The van der Waals surface area contributed by atoms with Crippen LogP contribution in [0.3, 0.4) is 0 Å². The summed E-state index contributed by atoms with van der Waals surface area (Å²) in [5.41, 5.74) is 0.651. The van der Waals surface area contributed by atoms with E-state index >= 15 is 0 Å². The largest absolute Gasteiger partial charge is 0.284 e. The molecule has 9 nitrogen and oxygen atoms in total. The van der Waals surface area contributed by atoms with E-state index in [0.717, 1.165) is 40.9 Å². The first-order valence-corrected chi connectivity index (χ1v) is 13.1. The first-order valence-electron chi connectivity index (χ1n) is 10.0. The second-order valence-electron chi connectivity index (χ2n) is 7.77. The van der Waals surface area contributed by atoms with Crippen molar-refractivity contribution >= 4 is 54.0 Å². The van der Waals surface area contributed by atoms with Gasteiger partial charge in [-0.2, -0.15) is 4.31 Å². The third-order valence-corrected chi connectivity index (χ3v) is 9.38.